The first-order valence-corrected chi connectivity index (χ1v) is 5.77. The Bertz CT molecular complexity index is 337. The van der Waals surface area contributed by atoms with Crippen molar-refractivity contribution in [3.63, 3.8) is 0 Å². The highest BCUT2D eigenvalue weighted by Gasteiger charge is 2.25. The van der Waals surface area contributed by atoms with Gasteiger partial charge < -0.3 is 4.74 Å². The highest BCUT2D eigenvalue weighted by atomic mass is 16.5. The number of nitrogens with two attached hydrogens (primary N) is 1. The molecule has 3 N–H and O–H groups in total. The molecule has 1 fully saturated rings. The van der Waals surface area contributed by atoms with E-state index in [-0.39, 0.29) is 6.04 Å². The summed E-state index contributed by atoms with van der Waals surface area (Å²) >= 11 is 0. The van der Waals surface area contributed by atoms with E-state index >= 15 is 0 Å². The molecule has 0 aliphatic carbocycles. The molecule has 0 bridgehead atoms. The van der Waals surface area contributed by atoms with Crippen molar-refractivity contribution in [2.24, 2.45) is 11.8 Å². The fraction of sp³-hybridized carbons (Fsp3) is 0.583. The van der Waals surface area contributed by atoms with E-state index in [1.54, 1.807) is 0 Å². The maximum absolute atomic E-state index is 5.65. The van der Waals surface area contributed by atoms with E-state index in [1.165, 1.54) is 5.56 Å². The Hall–Kier alpha value is -0.970. The Labute approximate surface area is 96.2 Å². The van der Waals surface area contributed by atoms with Crippen LogP contribution in [0.2, 0.25) is 0 Å². The molecule has 1 aromatic rings. The van der Waals surface area contributed by atoms with Gasteiger partial charge in [-0.25, -0.2) is 0 Å². The zero-order valence-corrected chi connectivity index (χ0v) is 9.65. The van der Waals surface area contributed by atoms with Crippen LogP contribution < -0.4 is 11.3 Å². The molecule has 1 aliphatic rings. The topological polar surface area (TPSA) is 60.2 Å². The molecule has 0 amide bonds. The van der Waals surface area contributed by atoms with Crippen molar-refractivity contribution in [2.75, 3.05) is 13.2 Å². The molecule has 1 saturated heterocycles. The van der Waals surface area contributed by atoms with E-state index in [2.05, 4.69) is 23.4 Å². The molecule has 2 heterocycles. The number of aromatic nitrogens is 1. The van der Waals surface area contributed by atoms with Crippen LogP contribution in [0.3, 0.4) is 0 Å². The summed E-state index contributed by atoms with van der Waals surface area (Å²) in [5, 5.41) is 0. The van der Waals surface area contributed by atoms with Gasteiger partial charge in [0.05, 0.1) is 11.7 Å². The van der Waals surface area contributed by atoms with E-state index in [9.17, 15) is 0 Å². The largest absolute Gasteiger partial charge is 0.381 e. The molecule has 16 heavy (non-hydrogen) atoms. The molecule has 0 saturated carbocycles. The SMILES string of the molecule is Cc1ccnc(C(NN)C2CCOCC2)c1. The molecule has 1 unspecified atom stereocenters. The van der Waals surface area contributed by atoms with Gasteiger partial charge in [-0.1, -0.05) is 0 Å². The standard InChI is InChI=1S/C12H19N3O/c1-9-2-5-14-11(8-9)12(15-13)10-3-6-16-7-4-10/h2,5,8,10,12,15H,3-4,6-7,13H2,1H3. The zero-order valence-electron chi connectivity index (χ0n) is 9.65. The van der Waals surface area contributed by atoms with Crippen molar-refractivity contribution >= 4 is 0 Å². The van der Waals surface area contributed by atoms with Crippen molar-refractivity contribution in [2.45, 2.75) is 25.8 Å². The number of rotatable bonds is 3. The molecule has 0 aromatic carbocycles. The van der Waals surface area contributed by atoms with E-state index in [4.69, 9.17) is 10.6 Å². The number of aryl methyl sites for hydroxylation is 1. The highest BCUT2D eigenvalue weighted by molar-refractivity contribution is 5.17. The molecule has 1 aliphatic heterocycles. The number of hydrogen-bond donors (Lipinski definition) is 2. The number of nitrogens with zero attached hydrogens (tertiary/aromatic N) is 1. The Kier molecular flexibility index (Phi) is 3.88. The normalized spacial score (nSPS) is 19.6. The van der Waals surface area contributed by atoms with Gasteiger partial charge >= 0.3 is 0 Å². The quantitative estimate of drug-likeness (QED) is 0.597. The summed E-state index contributed by atoms with van der Waals surface area (Å²) in [6, 6.07) is 4.24. The van der Waals surface area contributed by atoms with Crippen LogP contribution in [0.1, 0.15) is 30.1 Å². The minimum Gasteiger partial charge on any atom is -0.381 e. The summed E-state index contributed by atoms with van der Waals surface area (Å²) in [7, 11) is 0. The van der Waals surface area contributed by atoms with Crippen LogP contribution in [-0.2, 0) is 4.74 Å². The summed E-state index contributed by atoms with van der Waals surface area (Å²) in [5.74, 6) is 6.18. The second kappa shape index (κ2) is 5.39. The van der Waals surface area contributed by atoms with Crippen molar-refractivity contribution in [1.82, 2.24) is 10.4 Å². The second-order valence-corrected chi connectivity index (χ2v) is 4.35. The number of hydrazine groups is 1. The number of ether oxygens (including phenoxy) is 1. The van der Waals surface area contributed by atoms with E-state index < -0.39 is 0 Å². The van der Waals surface area contributed by atoms with E-state index in [0.29, 0.717) is 5.92 Å². The van der Waals surface area contributed by atoms with Crippen LogP contribution in [0.5, 0.6) is 0 Å². The summed E-state index contributed by atoms with van der Waals surface area (Å²) < 4.78 is 5.36. The van der Waals surface area contributed by atoms with Crippen LogP contribution in [0.25, 0.3) is 0 Å². The maximum Gasteiger partial charge on any atom is 0.0662 e. The molecule has 88 valence electrons. The van der Waals surface area contributed by atoms with Crippen LogP contribution in [-0.4, -0.2) is 18.2 Å². The van der Waals surface area contributed by atoms with Crippen molar-refractivity contribution in [3.05, 3.63) is 29.6 Å². The van der Waals surface area contributed by atoms with E-state index in [1.807, 2.05) is 12.3 Å². The van der Waals surface area contributed by atoms with Crippen LogP contribution in [0.4, 0.5) is 0 Å². The van der Waals surface area contributed by atoms with Crippen LogP contribution in [0, 0.1) is 12.8 Å². The third-order valence-electron chi connectivity index (χ3n) is 3.17. The van der Waals surface area contributed by atoms with Crippen LogP contribution >= 0.6 is 0 Å². The minimum absolute atomic E-state index is 0.142. The second-order valence-electron chi connectivity index (χ2n) is 4.35. The van der Waals surface area contributed by atoms with Crippen LogP contribution in [0.15, 0.2) is 18.3 Å². The van der Waals surface area contributed by atoms with Gasteiger partial charge in [0.1, 0.15) is 0 Å². The third-order valence-corrected chi connectivity index (χ3v) is 3.17. The molecule has 4 nitrogen and oxygen atoms in total. The smallest absolute Gasteiger partial charge is 0.0662 e. The maximum atomic E-state index is 5.65. The average molecular weight is 221 g/mol. The lowest BCUT2D eigenvalue weighted by atomic mass is 9.89. The van der Waals surface area contributed by atoms with Gasteiger partial charge in [-0.05, 0) is 43.4 Å². The predicted octanol–water partition coefficient (Wildman–Crippen LogP) is 1.32. The number of nitrogens with one attached hydrogen (secondary N) is 1. The van der Waals surface area contributed by atoms with E-state index in [0.717, 1.165) is 31.7 Å². The van der Waals surface area contributed by atoms with Crippen molar-refractivity contribution < 1.29 is 4.74 Å². The summed E-state index contributed by atoms with van der Waals surface area (Å²) in [6.45, 7) is 3.73. The van der Waals surface area contributed by atoms with Gasteiger partial charge in [-0.3, -0.25) is 16.3 Å². The third kappa shape index (κ3) is 2.58. The Morgan fingerprint density at radius 3 is 2.88 bits per heavy atom. The highest BCUT2D eigenvalue weighted by Crippen LogP contribution is 2.28. The minimum atomic E-state index is 0.142. The molecular formula is C12H19N3O. The molecule has 1 atom stereocenters. The lowest BCUT2D eigenvalue weighted by Crippen LogP contribution is -2.36. The van der Waals surface area contributed by atoms with Gasteiger partial charge in [0.2, 0.25) is 0 Å². The molecule has 4 heteroatoms. The number of pyridine rings is 1. The predicted molar refractivity (Wildman–Crippen MR) is 62.6 cm³/mol. The molecular weight excluding hydrogens is 202 g/mol. The molecule has 2 rings (SSSR count). The van der Waals surface area contributed by atoms with Gasteiger partial charge in [0.25, 0.3) is 0 Å². The molecule has 0 spiro atoms. The monoisotopic (exact) mass is 221 g/mol. The lowest BCUT2D eigenvalue weighted by Gasteiger charge is -2.29. The van der Waals surface area contributed by atoms with Gasteiger partial charge in [-0.2, -0.15) is 0 Å². The first-order valence-electron chi connectivity index (χ1n) is 5.77. The Morgan fingerprint density at radius 2 is 2.25 bits per heavy atom. The first kappa shape index (κ1) is 11.5. The average Bonchev–Trinajstić information content (AvgIpc) is 2.31. The lowest BCUT2D eigenvalue weighted by molar-refractivity contribution is 0.0531. The Morgan fingerprint density at radius 1 is 1.50 bits per heavy atom. The van der Waals surface area contributed by atoms with Crippen molar-refractivity contribution in [3.8, 4) is 0 Å². The summed E-state index contributed by atoms with van der Waals surface area (Å²) in [4.78, 5) is 4.40. The van der Waals surface area contributed by atoms with Gasteiger partial charge in [0.15, 0.2) is 0 Å². The Balaban J connectivity index is 2.14. The number of hydrogen-bond acceptors (Lipinski definition) is 4. The van der Waals surface area contributed by atoms with Gasteiger partial charge in [0, 0.05) is 19.4 Å². The fourth-order valence-corrected chi connectivity index (χ4v) is 2.24. The zero-order chi connectivity index (χ0) is 11.4. The molecule has 0 radical (unpaired) electrons. The summed E-state index contributed by atoms with van der Waals surface area (Å²) in [6.07, 6.45) is 3.93. The van der Waals surface area contributed by atoms with Gasteiger partial charge in [-0.15, -0.1) is 0 Å². The summed E-state index contributed by atoms with van der Waals surface area (Å²) in [5.41, 5.74) is 5.15. The molecule has 1 aromatic heterocycles. The van der Waals surface area contributed by atoms with Crippen molar-refractivity contribution in [1.29, 1.82) is 0 Å². The first-order chi connectivity index (χ1) is 7.81. The fourth-order valence-electron chi connectivity index (χ4n) is 2.24.